The van der Waals surface area contributed by atoms with Crippen LogP contribution in [0.1, 0.15) is 0 Å². The van der Waals surface area contributed by atoms with Crippen molar-refractivity contribution in [1.82, 2.24) is 18.5 Å². The molecular formula is H25N3O32S8. The van der Waals surface area contributed by atoms with Gasteiger partial charge < -0.3 is 18.5 Å². The molecule has 25 N–H and O–H groups in total. The van der Waals surface area contributed by atoms with E-state index in [9.17, 15) is 0 Å². The van der Waals surface area contributed by atoms with Gasteiger partial charge in [-0.05, 0) is 0 Å². The summed E-state index contributed by atoms with van der Waals surface area (Å²) in [7, 11) is -37.3. The maximum atomic E-state index is 8.74. The molecular weight excluding hydrogens is 811 g/mol. The summed E-state index contributed by atoms with van der Waals surface area (Å²) in [4.78, 5) is 0. The van der Waals surface area contributed by atoms with Gasteiger partial charge in [0.2, 0.25) is 0 Å². The van der Waals surface area contributed by atoms with Crippen LogP contribution in [0, 0.1) is 0 Å². The Hall–Kier alpha value is -1.16. The molecule has 0 aromatic heterocycles. The summed E-state index contributed by atoms with van der Waals surface area (Å²) in [6.45, 7) is 0. The quantitative estimate of drug-likeness (QED) is 0.102. The average molecular weight is 836 g/mol. The smallest absolute Gasteiger partial charge is 0.344 e. The third kappa shape index (κ3) is 45800. The summed E-state index contributed by atoms with van der Waals surface area (Å²) in [5, 5.41) is 0. The first-order chi connectivity index (χ1) is 16.0. The van der Waals surface area contributed by atoms with Crippen LogP contribution in [0.25, 0.3) is 0 Å². The molecule has 0 saturated heterocycles. The first-order valence-electron chi connectivity index (χ1n) is 5.59. The first kappa shape index (κ1) is 73.4. The lowest BCUT2D eigenvalue weighted by molar-refractivity contribution is 0.378. The number of rotatable bonds is 0. The highest BCUT2D eigenvalue weighted by Gasteiger charge is 1.87. The lowest BCUT2D eigenvalue weighted by Crippen LogP contribution is -1.89. The second kappa shape index (κ2) is 29.5. The molecule has 0 aromatic carbocycles. The molecule has 0 fully saturated rings. The fourth-order valence-electron chi connectivity index (χ4n) is 0. The molecule has 0 aliphatic heterocycles. The first-order valence-corrected chi connectivity index (χ1v) is 16.8. The Morgan fingerprint density at radius 2 is 0.163 bits per heavy atom. The highest BCUT2D eigenvalue weighted by molar-refractivity contribution is 7.81. The van der Waals surface area contributed by atoms with E-state index in [1.165, 1.54) is 0 Å². The molecule has 0 spiro atoms. The van der Waals surface area contributed by atoms with Crippen molar-refractivity contribution in [2.24, 2.45) is 0 Å². The lowest BCUT2D eigenvalue weighted by Gasteiger charge is -1.68. The van der Waals surface area contributed by atoms with Gasteiger partial charge in [0.1, 0.15) is 0 Å². The summed E-state index contributed by atoms with van der Waals surface area (Å²) in [5.41, 5.74) is 0. The van der Waals surface area contributed by atoms with Crippen LogP contribution in [0.2, 0.25) is 0 Å². The van der Waals surface area contributed by atoms with Crippen molar-refractivity contribution >= 4 is 83.2 Å². The van der Waals surface area contributed by atoms with Gasteiger partial charge in [-0.2, -0.15) is 67.3 Å². The van der Waals surface area contributed by atoms with Crippen molar-refractivity contribution in [2.45, 2.75) is 0 Å². The third-order valence-corrected chi connectivity index (χ3v) is 0. The van der Waals surface area contributed by atoms with Gasteiger partial charge in [-0.3, -0.25) is 72.8 Å². The highest BCUT2D eigenvalue weighted by Crippen LogP contribution is 1.62. The van der Waals surface area contributed by atoms with Crippen LogP contribution in [0.5, 0.6) is 0 Å². The normalized spacial score (nSPS) is 10.8. The van der Waals surface area contributed by atoms with Crippen molar-refractivity contribution in [3.05, 3.63) is 0 Å². The minimum Gasteiger partial charge on any atom is -0.344 e. The molecule has 280 valence electrons. The van der Waals surface area contributed by atoms with Crippen LogP contribution in [0.4, 0.5) is 0 Å². The van der Waals surface area contributed by atoms with Crippen molar-refractivity contribution in [3.63, 3.8) is 0 Å². The molecule has 0 aliphatic carbocycles. The summed E-state index contributed by atoms with van der Waals surface area (Å²) >= 11 is 0. The molecule has 0 aliphatic rings. The van der Waals surface area contributed by atoms with E-state index < -0.39 is 83.2 Å². The Kier molecular flexibility index (Phi) is 50.4. The predicted octanol–water partition coefficient (Wildman–Crippen LogP) is -4.74. The standard InChI is InChI=1S/3H3N.8H2O4S/c;;;8*1-5(2,3)4/h3*1H3;8*(H2,1,2,3,4). The largest absolute Gasteiger partial charge is 0.394 e. The molecule has 35 nitrogen and oxygen atoms in total. The van der Waals surface area contributed by atoms with Crippen molar-refractivity contribution in [1.29, 1.82) is 0 Å². The molecule has 0 atom stereocenters. The van der Waals surface area contributed by atoms with Gasteiger partial charge in [-0.1, -0.05) is 0 Å². The van der Waals surface area contributed by atoms with Gasteiger partial charge in [0.15, 0.2) is 0 Å². The van der Waals surface area contributed by atoms with E-state index >= 15 is 0 Å². The van der Waals surface area contributed by atoms with E-state index in [4.69, 9.17) is 140 Å². The second-order valence-corrected chi connectivity index (χ2v) is 10.7. The molecule has 0 radical (unpaired) electrons. The maximum absolute atomic E-state index is 8.74. The van der Waals surface area contributed by atoms with Gasteiger partial charge in [0.05, 0.1) is 0 Å². The Morgan fingerprint density at radius 3 is 0.163 bits per heavy atom. The summed E-state index contributed by atoms with van der Waals surface area (Å²) in [5.74, 6) is 0. The zero-order valence-electron chi connectivity index (χ0n) is 19.1. The van der Waals surface area contributed by atoms with Crippen LogP contribution in [0.15, 0.2) is 0 Å². The Bertz CT molecular complexity index is 1070. The Morgan fingerprint density at radius 1 is 0.163 bits per heavy atom. The van der Waals surface area contributed by atoms with E-state index in [1.54, 1.807) is 0 Å². The molecule has 0 saturated carbocycles. The molecule has 0 amide bonds. The highest BCUT2D eigenvalue weighted by atomic mass is 32.3. The molecule has 0 aromatic rings. The number of hydrogen-bond donors (Lipinski definition) is 19. The SMILES string of the molecule is N.N.N.O=S(=O)(O)O.O=S(=O)(O)O.O=S(=O)(O)O.O=S(=O)(O)O.O=S(=O)(O)O.O=S(=O)(O)O.O=S(=O)(O)O.O=S(=O)(O)O. The van der Waals surface area contributed by atoms with Gasteiger partial charge in [-0.15, -0.1) is 0 Å². The molecule has 43 heavy (non-hydrogen) atoms. The van der Waals surface area contributed by atoms with Crippen molar-refractivity contribution < 1.29 is 140 Å². The number of hydrogen-bond acceptors (Lipinski definition) is 19. The minimum atomic E-state index is -4.67. The van der Waals surface area contributed by atoms with Gasteiger partial charge in [-0.25, -0.2) is 0 Å². The van der Waals surface area contributed by atoms with Gasteiger partial charge in [0, 0.05) is 0 Å². The van der Waals surface area contributed by atoms with E-state index in [-0.39, 0.29) is 18.5 Å². The van der Waals surface area contributed by atoms with Gasteiger partial charge >= 0.3 is 83.2 Å². The summed E-state index contributed by atoms with van der Waals surface area (Å²) in [6, 6.07) is 0. The minimum absolute atomic E-state index is 0. The monoisotopic (exact) mass is 835 g/mol. The Labute approximate surface area is 241 Å². The van der Waals surface area contributed by atoms with Crippen molar-refractivity contribution in [2.75, 3.05) is 0 Å². The van der Waals surface area contributed by atoms with E-state index in [2.05, 4.69) is 0 Å². The van der Waals surface area contributed by atoms with Crippen LogP contribution >= 0.6 is 0 Å². The molecule has 0 rings (SSSR count). The maximum Gasteiger partial charge on any atom is 0.394 e. The van der Waals surface area contributed by atoms with E-state index in [0.29, 0.717) is 0 Å². The van der Waals surface area contributed by atoms with Crippen LogP contribution < -0.4 is 18.5 Å². The molecule has 0 bridgehead atoms. The molecule has 0 unspecified atom stereocenters. The average Bonchev–Trinajstić information content (AvgIpc) is 2.16. The van der Waals surface area contributed by atoms with Crippen LogP contribution in [0.3, 0.4) is 0 Å². The van der Waals surface area contributed by atoms with Crippen molar-refractivity contribution in [3.8, 4) is 0 Å². The second-order valence-electron chi connectivity index (χ2n) is 3.58. The van der Waals surface area contributed by atoms with E-state index in [1.807, 2.05) is 0 Å². The fourth-order valence-corrected chi connectivity index (χ4v) is 0. The zero-order valence-corrected chi connectivity index (χ0v) is 25.6. The molecule has 43 heteroatoms. The summed E-state index contributed by atoms with van der Waals surface area (Å²) in [6.07, 6.45) is 0. The fraction of sp³-hybridized carbons (Fsp3) is 0. The summed E-state index contributed by atoms with van der Waals surface area (Å²) < 4.78 is 253. The lowest BCUT2D eigenvalue weighted by atomic mass is 14.0. The third-order valence-electron chi connectivity index (χ3n) is 0. The van der Waals surface area contributed by atoms with Crippen LogP contribution in [-0.4, -0.2) is 140 Å². The van der Waals surface area contributed by atoms with Crippen LogP contribution in [-0.2, 0) is 83.2 Å². The zero-order chi connectivity index (χ0) is 36.0. The molecule has 0 heterocycles. The predicted molar refractivity (Wildman–Crippen MR) is 128 cm³/mol. The topological polar surface area (TPSA) is 702 Å². The Balaban J connectivity index is -0.0000000299. The van der Waals surface area contributed by atoms with E-state index in [0.717, 1.165) is 0 Å². The van der Waals surface area contributed by atoms with Gasteiger partial charge in [0.25, 0.3) is 0 Å².